The molecule has 6 nitrogen and oxygen atoms in total. The molecule has 1 rings (SSSR count). The standard InChI is InChI=1S/C14H18IN3O3/c1-9(2)18-13(20)8-16-12(19)7-17-14(21)10-5-3-4-6-11(10)15/h3-6,9H,7-8H2,1-2H3,(H,16,19)(H,17,21)(H,18,20). The third-order valence-corrected chi connectivity index (χ3v) is 3.36. The molecule has 1 aromatic carbocycles. The predicted octanol–water partition coefficient (Wildman–Crippen LogP) is 0.662. The Morgan fingerprint density at radius 3 is 2.29 bits per heavy atom. The van der Waals surface area contributed by atoms with Crippen molar-refractivity contribution in [2.75, 3.05) is 13.1 Å². The molecule has 7 heteroatoms. The molecule has 0 spiro atoms. The van der Waals surface area contributed by atoms with E-state index in [9.17, 15) is 14.4 Å². The van der Waals surface area contributed by atoms with E-state index in [1.165, 1.54) is 0 Å². The number of nitrogens with one attached hydrogen (secondary N) is 3. The zero-order valence-corrected chi connectivity index (χ0v) is 14.1. The van der Waals surface area contributed by atoms with Crippen molar-refractivity contribution in [1.82, 2.24) is 16.0 Å². The lowest BCUT2D eigenvalue weighted by Crippen LogP contribution is -2.43. The van der Waals surface area contributed by atoms with Crippen LogP contribution in [0.15, 0.2) is 24.3 Å². The molecule has 21 heavy (non-hydrogen) atoms. The first-order chi connectivity index (χ1) is 9.90. The second-order valence-electron chi connectivity index (χ2n) is 4.66. The van der Waals surface area contributed by atoms with E-state index in [4.69, 9.17) is 0 Å². The summed E-state index contributed by atoms with van der Waals surface area (Å²) < 4.78 is 0.810. The number of carbonyl (C=O) groups is 3. The second kappa shape index (κ2) is 8.60. The van der Waals surface area contributed by atoms with Gasteiger partial charge in [-0.3, -0.25) is 14.4 Å². The van der Waals surface area contributed by atoms with Gasteiger partial charge in [-0.15, -0.1) is 0 Å². The van der Waals surface area contributed by atoms with E-state index in [-0.39, 0.29) is 30.9 Å². The minimum absolute atomic E-state index is 0.0225. The first-order valence-corrected chi connectivity index (χ1v) is 7.57. The molecular weight excluding hydrogens is 385 g/mol. The van der Waals surface area contributed by atoms with Gasteiger partial charge in [-0.1, -0.05) is 12.1 Å². The highest BCUT2D eigenvalue weighted by atomic mass is 127. The van der Waals surface area contributed by atoms with Crippen LogP contribution in [-0.4, -0.2) is 36.9 Å². The minimum Gasteiger partial charge on any atom is -0.352 e. The molecule has 0 aromatic heterocycles. The Kier molecular flexibility index (Phi) is 7.13. The Morgan fingerprint density at radius 1 is 1.05 bits per heavy atom. The van der Waals surface area contributed by atoms with Crippen LogP contribution in [0.3, 0.4) is 0 Å². The van der Waals surface area contributed by atoms with Crippen LogP contribution in [0, 0.1) is 3.57 Å². The predicted molar refractivity (Wildman–Crippen MR) is 87.8 cm³/mol. The molecule has 3 amide bonds. The lowest BCUT2D eigenvalue weighted by atomic mass is 10.2. The summed E-state index contributed by atoms with van der Waals surface area (Å²) in [4.78, 5) is 34.8. The summed E-state index contributed by atoms with van der Waals surface area (Å²) in [5.74, 6) is -0.989. The number of rotatable bonds is 6. The van der Waals surface area contributed by atoms with E-state index >= 15 is 0 Å². The zero-order valence-electron chi connectivity index (χ0n) is 11.9. The van der Waals surface area contributed by atoms with E-state index in [0.717, 1.165) is 3.57 Å². The molecule has 0 unspecified atom stereocenters. The fourth-order valence-corrected chi connectivity index (χ4v) is 2.15. The fourth-order valence-electron chi connectivity index (χ4n) is 1.52. The molecule has 0 saturated carbocycles. The van der Waals surface area contributed by atoms with Gasteiger partial charge in [-0.05, 0) is 48.6 Å². The van der Waals surface area contributed by atoms with Gasteiger partial charge in [0.1, 0.15) is 0 Å². The van der Waals surface area contributed by atoms with Gasteiger partial charge in [0, 0.05) is 9.61 Å². The van der Waals surface area contributed by atoms with E-state index < -0.39 is 5.91 Å². The highest BCUT2D eigenvalue weighted by molar-refractivity contribution is 14.1. The van der Waals surface area contributed by atoms with E-state index in [2.05, 4.69) is 38.5 Å². The number of hydrogen-bond donors (Lipinski definition) is 3. The Balaban J connectivity index is 2.35. The number of halogens is 1. The molecule has 0 aliphatic heterocycles. The maximum Gasteiger partial charge on any atom is 0.252 e. The van der Waals surface area contributed by atoms with Gasteiger partial charge < -0.3 is 16.0 Å². The van der Waals surface area contributed by atoms with Crippen molar-refractivity contribution in [3.63, 3.8) is 0 Å². The second-order valence-corrected chi connectivity index (χ2v) is 5.82. The maximum absolute atomic E-state index is 11.9. The molecule has 0 fully saturated rings. The molecule has 3 N–H and O–H groups in total. The molecule has 0 bridgehead atoms. The molecule has 1 aromatic rings. The van der Waals surface area contributed by atoms with Crippen LogP contribution in [0.2, 0.25) is 0 Å². The van der Waals surface area contributed by atoms with Gasteiger partial charge in [0.05, 0.1) is 18.7 Å². The molecule has 0 radical (unpaired) electrons. The number of carbonyl (C=O) groups excluding carboxylic acids is 3. The van der Waals surface area contributed by atoms with Gasteiger partial charge in [-0.25, -0.2) is 0 Å². The Hall–Kier alpha value is -1.64. The van der Waals surface area contributed by atoms with Crippen LogP contribution < -0.4 is 16.0 Å². The molecule has 0 aliphatic rings. The summed E-state index contributed by atoms with van der Waals surface area (Å²) in [6.07, 6.45) is 0. The maximum atomic E-state index is 11.9. The average molecular weight is 403 g/mol. The van der Waals surface area contributed by atoms with Crippen molar-refractivity contribution in [3.05, 3.63) is 33.4 Å². The lowest BCUT2D eigenvalue weighted by Gasteiger charge is -2.10. The Bertz CT molecular complexity index is 532. The summed E-state index contributed by atoms with van der Waals surface area (Å²) in [5.41, 5.74) is 0.517. The monoisotopic (exact) mass is 403 g/mol. The first-order valence-electron chi connectivity index (χ1n) is 6.49. The lowest BCUT2D eigenvalue weighted by molar-refractivity contribution is -0.125. The Morgan fingerprint density at radius 2 is 1.67 bits per heavy atom. The van der Waals surface area contributed by atoms with Crippen LogP contribution in [0.25, 0.3) is 0 Å². The van der Waals surface area contributed by atoms with Crippen molar-refractivity contribution >= 4 is 40.3 Å². The van der Waals surface area contributed by atoms with Crippen molar-refractivity contribution in [2.45, 2.75) is 19.9 Å². The first kappa shape index (κ1) is 17.4. The van der Waals surface area contributed by atoms with Crippen LogP contribution in [0.4, 0.5) is 0 Å². The number of amides is 3. The van der Waals surface area contributed by atoms with Crippen LogP contribution >= 0.6 is 22.6 Å². The number of benzene rings is 1. The summed E-state index contributed by atoms with van der Waals surface area (Å²) in [6.45, 7) is 3.40. The molecule has 0 heterocycles. The molecule has 0 atom stereocenters. The fraction of sp³-hybridized carbons (Fsp3) is 0.357. The average Bonchev–Trinajstić information content (AvgIpc) is 2.42. The third kappa shape index (κ3) is 6.56. The molecule has 0 saturated heterocycles. The van der Waals surface area contributed by atoms with Crippen LogP contribution in [0.1, 0.15) is 24.2 Å². The van der Waals surface area contributed by atoms with Crippen molar-refractivity contribution in [3.8, 4) is 0 Å². The van der Waals surface area contributed by atoms with Gasteiger partial charge in [-0.2, -0.15) is 0 Å². The summed E-state index contributed by atoms with van der Waals surface area (Å²) in [6, 6.07) is 7.11. The SMILES string of the molecule is CC(C)NC(=O)CNC(=O)CNC(=O)c1ccccc1I. The van der Waals surface area contributed by atoms with E-state index in [0.29, 0.717) is 5.56 Å². The van der Waals surface area contributed by atoms with Crippen molar-refractivity contribution < 1.29 is 14.4 Å². The normalized spacial score (nSPS) is 10.1. The van der Waals surface area contributed by atoms with Gasteiger partial charge in [0.2, 0.25) is 11.8 Å². The van der Waals surface area contributed by atoms with E-state index in [1.807, 2.05) is 26.0 Å². The largest absolute Gasteiger partial charge is 0.352 e. The third-order valence-electron chi connectivity index (χ3n) is 2.42. The Labute approximate surface area is 137 Å². The number of hydrogen-bond acceptors (Lipinski definition) is 3. The topological polar surface area (TPSA) is 87.3 Å². The highest BCUT2D eigenvalue weighted by Gasteiger charge is 2.11. The van der Waals surface area contributed by atoms with Gasteiger partial charge in [0.15, 0.2) is 0 Å². The zero-order chi connectivity index (χ0) is 15.8. The molecule has 0 aliphatic carbocycles. The van der Waals surface area contributed by atoms with Crippen LogP contribution in [0.5, 0.6) is 0 Å². The minimum atomic E-state index is -0.409. The summed E-state index contributed by atoms with van der Waals surface area (Å²) in [5, 5.41) is 7.61. The van der Waals surface area contributed by atoms with E-state index in [1.54, 1.807) is 12.1 Å². The van der Waals surface area contributed by atoms with Gasteiger partial charge in [0.25, 0.3) is 5.91 Å². The molecular formula is C14H18IN3O3. The summed E-state index contributed by atoms with van der Waals surface area (Å²) >= 11 is 2.05. The van der Waals surface area contributed by atoms with Gasteiger partial charge >= 0.3 is 0 Å². The van der Waals surface area contributed by atoms with Crippen LogP contribution in [-0.2, 0) is 9.59 Å². The molecule has 114 valence electrons. The van der Waals surface area contributed by atoms with Crippen molar-refractivity contribution in [1.29, 1.82) is 0 Å². The highest BCUT2D eigenvalue weighted by Crippen LogP contribution is 2.10. The smallest absolute Gasteiger partial charge is 0.252 e. The summed E-state index contributed by atoms with van der Waals surface area (Å²) in [7, 11) is 0. The quantitative estimate of drug-likeness (QED) is 0.610. The van der Waals surface area contributed by atoms with Crippen molar-refractivity contribution in [2.24, 2.45) is 0 Å².